The van der Waals surface area contributed by atoms with Crippen LogP contribution in [0.1, 0.15) is 38.4 Å². The largest absolute Gasteiger partial charge is 0.324 e. The van der Waals surface area contributed by atoms with Gasteiger partial charge in [0.15, 0.2) is 0 Å². The van der Waals surface area contributed by atoms with E-state index in [9.17, 15) is 0 Å². The topological polar surface area (TPSA) is 43.8 Å². The van der Waals surface area contributed by atoms with Gasteiger partial charge >= 0.3 is 0 Å². The van der Waals surface area contributed by atoms with Crippen molar-refractivity contribution < 1.29 is 0 Å². The maximum absolute atomic E-state index is 6.03. The van der Waals surface area contributed by atoms with Gasteiger partial charge in [0.2, 0.25) is 0 Å². The van der Waals surface area contributed by atoms with Crippen molar-refractivity contribution >= 4 is 11.6 Å². The Morgan fingerprint density at radius 2 is 2.08 bits per heavy atom. The molecule has 0 fully saturated rings. The van der Waals surface area contributed by atoms with Crippen LogP contribution in [0.25, 0.3) is 0 Å². The Morgan fingerprint density at radius 3 is 2.33 bits per heavy atom. The second-order valence-corrected chi connectivity index (χ2v) is 3.58. The van der Waals surface area contributed by atoms with Crippen molar-refractivity contribution in [2.24, 2.45) is 5.73 Å². The molecular weight excluding hydrogens is 174 g/mol. The Balaban J connectivity index is 3.04. The molecule has 0 radical (unpaired) electrons. The van der Waals surface area contributed by atoms with E-state index in [4.69, 9.17) is 17.3 Å². The van der Waals surface area contributed by atoms with E-state index < -0.39 is 0 Å². The molecule has 0 saturated heterocycles. The number of aromatic nitrogens is 2. The van der Waals surface area contributed by atoms with Crippen LogP contribution in [-0.2, 0) is 0 Å². The minimum Gasteiger partial charge on any atom is -0.324 e. The molecule has 0 aromatic carbocycles. The highest BCUT2D eigenvalue weighted by Gasteiger charge is 2.12. The van der Waals surface area contributed by atoms with Crippen molar-refractivity contribution in [2.75, 3.05) is 0 Å². The first-order chi connectivity index (χ1) is 5.54. The summed E-state index contributed by atoms with van der Waals surface area (Å²) < 4.78 is 1.76. The number of nitrogens with zero attached hydrogens (tertiary/aromatic N) is 2. The van der Waals surface area contributed by atoms with Crippen LogP contribution in [0.3, 0.4) is 0 Å². The molecule has 68 valence electrons. The van der Waals surface area contributed by atoms with Crippen molar-refractivity contribution in [2.45, 2.75) is 32.9 Å². The van der Waals surface area contributed by atoms with Gasteiger partial charge in [-0.2, -0.15) is 5.10 Å². The minimum atomic E-state index is -0.0509. The summed E-state index contributed by atoms with van der Waals surface area (Å²) in [5.74, 6) is 0. The molecule has 1 atom stereocenters. The standard InChI is InChI=1S/C8H14ClN3/c1-5(2)12-8(9)7(4-11-12)6(3)10/h4-6H,10H2,1-3H3. The number of halogens is 1. The van der Waals surface area contributed by atoms with Crippen LogP contribution >= 0.6 is 11.6 Å². The van der Waals surface area contributed by atoms with E-state index in [0.717, 1.165) is 5.56 Å². The van der Waals surface area contributed by atoms with E-state index in [1.54, 1.807) is 10.9 Å². The van der Waals surface area contributed by atoms with Crippen molar-refractivity contribution in [3.8, 4) is 0 Å². The molecule has 0 aliphatic carbocycles. The van der Waals surface area contributed by atoms with Gasteiger partial charge < -0.3 is 5.73 Å². The van der Waals surface area contributed by atoms with Crippen LogP contribution in [0.2, 0.25) is 5.15 Å². The van der Waals surface area contributed by atoms with Crippen molar-refractivity contribution in [3.05, 3.63) is 16.9 Å². The molecule has 0 saturated carbocycles. The monoisotopic (exact) mass is 187 g/mol. The van der Waals surface area contributed by atoms with Crippen molar-refractivity contribution in [3.63, 3.8) is 0 Å². The highest BCUT2D eigenvalue weighted by atomic mass is 35.5. The molecule has 1 heterocycles. The molecule has 1 aromatic heterocycles. The summed E-state index contributed by atoms with van der Waals surface area (Å²) in [6.07, 6.45) is 1.73. The fraction of sp³-hybridized carbons (Fsp3) is 0.625. The van der Waals surface area contributed by atoms with E-state index in [-0.39, 0.29) is 12.1 Å². The lowest BCUT2D eigenvalue weighted by molar-refractivity contribution is 0.532. The molecule has 1 rings (SSSR count). The Hall–Kier alpha value is -0.540. The smallest absolute Gasteiger partial charge is 0.132 e. The summed E-state index contributed by atoms with van der Waals surface area (Å²) in [5.41, 5.74) is 6.60. The Labute approximate surface area is 77.5 Å². The molecule has 1 aromatic rings. The first kappa shape index (κ1) is 9.55. The van der Waals surface area contributed by atoms with Crippen LogP contribution < -0.4 is 5.73 Å². The number of hydrogen-bond acceptors (Lipinski definition) is 2. The van der Waals surface area contributed by atoms with Gasteiger partial charge in [0.1, 0.15) is 5.15 Å². The molecule has 0 aliphatic heterocycles. The van der Waals surface area contributed by atoms with Gasteiger partial charge in [0.25, 0.3) is 0 Å². The fourth-order valence-electron chi connectivity index (χ4n) is 1.03. The predicted molar refractivity (Wildman–Crippen MR) is 50.2 cm³/mol. The van der Waals surface area contributed by atoms with Gasteiger partial charge in [-0.1, -0.05) is 11.6 Å². The SMILES string of the molecule is CC(N)c1cnn(C(C)C)c1Cl. The Morgan fingerprint density at radius 1 is 1.50 bits per heavy atom. The molecule has 4 heteroatoms. The number of nitrogens with two attached hydrogens (primary N) is 1. The molecule has 0 amide bonds. The van der Waals surface area contributed by atoms with Gasteiger partial charge in [0, 0.05) is 17.6 Å². The summed E-state index contributed by atoms with van der Waals surface area (Å²) in [6.45, 7) is 5.96. The zero-order valence-electron chi connectivity index (χ0n) is 7.58. The predicted octanol–water partition coefficient (Wildman–Crippen LogP) is 2.14. The number of rotatable bonds is 2. The Kier molecular flexibility index (Phi) is 2.75. The van der Waals surface area contributed by atoms with Gasteiger partial charge in [-0.3, -0.25) is 4.68 Å². The zero-order valence-corrected chi connectivity index (χ0v) is 8.34. The minimum absolute atomic E-state index is 0.0509. The zero-order chi connectivity index (χ0) is 9.30. The van der Waals surface area contributed by atoms with Gasteiger partial charge in [-0.25, -0.2) is 0 Å². The van der Waals surface area contributed by atoms with E-state index in [2.05, 4.69) is 5.10 Å². The maximum Gasteiger partial charge on any atom is 0.132 e. The van der Waals surface area contributed by atoms with Crippen LogP contribution in [0.15, 0.2) is 6.20 Å². The molecule has 0 aliphatic rings. The Bertz CT molecular complexity index is 240. The van der Waals surface area contributed by atoms with E-state index in [0.29, 0.717) is 5.15 Å². The average molecular weight is 188 g/mol. The first-order valence-corrected chi connectivity index (χ1v) is 4.40. The maximum atomic E-state index is 6.03. The van der Waals surface area contributed by atoms with Crippen LogP contribution in [0, 0.1) is 0 Å². The number of hydrogen-bond donors (Lipinski definition) is 1. The van der Waals surface area contributed by atoms with E-state index >= 15 is 0 Å². The quantitative estimate of drug-likeness (QED) is 0.771. The van der Waals surface area contributed by atoms with Gasteiger partial charge in [-0.15, -0.1) is 0 Å². The molecule has 2 N–H and O–H groups in total. The molecule has 1 unspecified atom stereocenters. The van der Waals surface area contributed by atoms with Gasteiger partial charge in [0.05, 0.1) is 6.20 Å². The molecule has 3 nitrogen and oxygen atoms in total. The highest BCUT2D eigenvalue weighted by Crippen LogP contribution is 2.23. The van der Waals surface area contributed by atoms with Crippen molar-refractivity contribution in [1.29, 1.82) is 0 Å². The van der Waals surface area contributed by atoms with Crippen LogP contribution in [-0.4, -0.2) is 9.78 Å². The first-order valence-electron chi connectivity index (χ1n) is 4.02. The summed E-state index contributed by atoms with van der Waals surface area (Å²) >= 11 is 6.03. The second kappa shape index (κ2) is 3.46. The lowest BCUT2D eigenvalue weighted by atomic mass is 10.2. The highest BCUT2D eigenvalue weighted by molar-refractivity contribution is 6.30. The lowest BCUT2D eigenvalue weighted by Gasteiger charge is -2.07. The molecular formula is C8H14ClN3. The third-order valence-corrected chi connectivity index (χ3v) is 2.13. The van der Waals surface area contributed by atoms with Crippen LogP contribution in [0.5, 0.6) is 0 Å². The van der Waals surface area contributed by atoms with Crippen LogP contribution in [0.4, 0.5) is 0 Å². The molecule has 0 bridgehead atoms. The third kappa shape index (κ3) is 1.62. The summed E-state index contributed by atoms with van der Waals surface area (Å²) in [7, 11) is 0. The van der Waals surface area contributed by atoms with Gasteiger partial charge in [-0.05, 0) is 20.8 Å². The summed E-state index contributed by atoms with van der Waals surface area (Å²) in [4.78, 5) is 0. The molecule has 12 heavy (non-hydrogen) atoms. The van der Waals surface area contributed by atoms with E-state index in [1.807, 2.05) is 20.8 Å². The summed E-state index contributed by atoms with van der Waals surface area (Å²) in [6, 6.07) is 0.231. The normalized spacial score (nSPS) is 13.8. The lowest BCUT2D eigenvalue weighted by Crippen LogP contribution is -2.06. The average Bonchev–Trinajstić information content (AvgIpc) is 2.30. The third-order valence-electron chi connectivity index (χ3n) is 1.74. The van der Waals surface area contributed by atoms with E-state index in [1.165, 1.54) is 0 Å². The van der Waals surface area contributed by atoms with Crippen molar-refractivity contribution in [1.82, 2.24) is 9.78 Å². The molecule has 0 spiro atoms. The fourth-order valence-corrected chi connectivity index (χ4v) is 1.49. The second-order valence-electron chi connectivity index (χ2n) is 3.22. The summed E-state index contributed by atoms with van der Waals surface area (Å²) in [5, 5.41) is 4.79.